The van der Waals surface area contributed by atoms with Gasteiger partial charge in [0.2, 0.25) is 0 Å². The van der Waals surface area contributed by atoms with Crippen LogP contribution in [0.3, 0.4) is 0 Å². The molecule has 142 valence electrons. The molecule has 0 bridgehead atoms. The van der Waals surface area contributed by atoms with Gasteiger partial charge < -0.3 is 4.98 Å². The summed E-state index contributed by atoms with van der Waals surface area (Å²) in [5, 5.41) is 0. The van der Waals surface area contributed by atoms with Crippen molar-refractivity contribution in [2.75, 3.05) is 0 Å². The molecule has 27 heavy (non-hydrogen) atoms. The van der Waals surface area contributed by atoms with Crippen LogP contribution in [0.1, 0.15) is 98.1 Å². The highest BCUT2D eigenvalue weighted by atomic mass is 16.1. The van der Waals surface area contributed by atoms with E-state index in [0.29, 0.717) is 23.9 Å². The summed E-state index contributed by atoms with van der Waals surface area (Å²) in [4.78, 5) is 32.2. The van der Waals surface area contributed by atoms with Crippen molar-refractivity contribution in [1.29, 1.82) is 0 Å². The van der Waals surface area contributed by atoms with Gasteiger partial charge in [0.1, 0.15) is 11.5 Å². The lowest BCUT2D eigenvalue weighted by molar-refractivity contribution is 0.0945. The lowest BCUT2D eigenvalue weighted by Gasteiger charge is -2.31. The molecule has 1 atom stereocenters. The molecule has 2 aliphatic carbocycles. The fourth-order valence-corrected chi connectivity index (χ4v) is 3.80. The highest BCUT2D eigenvalue weighted by Gasteiger charge is 2.31. The molecule has 4 heteroatoms. The maximum absolute atomic E-state index is 13.0. The quantitative estimate of drug-likeness (QED) is 0.740. The van der Waals surface area contributed by atoms with Crippen LogP contribution >= 0.6 is 0 Å². The number of carbonyl (C=O) groups excluding carboxylic acids is 1. The average Bonchev–Trinajstić information content (AvgIpc) is 3.50. The first-order valence-electron chi connectivity index (χ1n) is 10.1. The van der Waals surface area contributed by atoms with Crippen LogP contribution in [0.5, 0.6) is 0 Å². The van der Waals surface area contributed by atoms with Crippen molar-refractivity contribution >= 4 is 5.78 Å². The number of rotatable bonds is 6. The minimum atomic E-state index is -0.226. The molecular formula is C23H28N2O2. The first kappa shape index (κ1) is 18.1. The van der Waals surface area contributed by atoms with Gasteiger partial charge in [-0.15, -0.1) is 0 Å². The number of H-pyrrole nitrogens is 1. The second kappa shape index (κ2) is 6.74. The van der Waals surface area contributed by atoms with Gasteiger partial charge >= 0.3 is 0 Å². The van der Waals surface area contributed by atoms with E-state index in [2.05, 4.69) is 55.0 Å². The monoisotopic (exact) mass is 364 g/mol. The summed E-state index contributed by atoms with van der Waals surface area (Å²) in [5.41, 5.74) is 2.62. The van der Waals surface area contributed by atoms with Crippen molar-refractivity contribution in [1.82, 2.24) is 9.97 Å². The fraction of sp³-hybridized carbons (Fsp3) is 0.522. The van der Waals surface area contributed by atoms with Crippen LogP contribution in [-0.2, 0) is 0 Å². The van der Waals surface area contributed by atoms with Crippen LogP contribution < -0.4 is 5.56 Å². The van der Waals surface area contributed by atoms with E-state index >= 15 is 0 Å². The summed E-state index contributed by atoms with van der Waals surface area (Å²) in [5.74, 6) is 1.76. The summed E-state index contributed by atoms with van der Waals surface area (Å²) in [6.07, 6.45) is 5.03. The van der Waals surface area contributed by atoms with E-state index < -0.39 is 0 Å². The number of hydrogen-bond acceptors (Lipinski definition) is 3. The Balaban J connectivity index is 1.58. The minimum Gasteiger partial charge on any atom is -0.310 e. The second-order valence-corrected chi connectivity index (χ2v) is 9.28. The molecule has 1 aromatic heterocycles. The van der Waals surface area contributed by atoms with Crippen LogP contribution in [0, 0.1) is 5.41 Å². The first-order chi connectivity index (χ1) is 12.8. The van der Waals surface area contributed by atoms with Gasteiger partial charge in [-0.25, -0.2) is 4.98 Å². The lowest BCUT2D eigenvalue weighted by atomic mass is 9.73. The van der Waals surface area contributed by atoms with Crippen LogP contribution in [-0.4, -0.2) is 15.8 Å². The van der Waals surface area contributed by atoms with Crippen molar-refractivity contribution in [3.8, 4) is 0 Å². The second-order valence-electron chi connectivity index (χ2n) is 9.28. The molecule has 4 rings (SSSR count). The number of hydrogen-bond donors (Lipinski definition) is 1. The number of Topliss-reactive ketones (excluding diaryl/α,β-unsaturated/α-hetero) is 1. The molecule has 4 nitrogen and oxygen atoms in total. The van der Waals surface area contributed by atoms with Gasteiger partial charge in [-0.1, -0.05) is 45.0 Å². The third kappa shape index (κ3) is 4.20. The highest BCUT2D eigenvalue weighted by Crippen LogP contribution is 2.43. The predicted octanol–water partition coefficient (Wildman–Crippen LogP) is 4.93. The molecule has 1 heterocycles. The van der Waals surface area contributed by atoms with E-state index in [-0.39, 0.29) is 22.7 Å². The molecule has 2 saturated carbocycles. The summed E-state index contributed by atoms with van der Waals surface area (Å²) < 4.78 is 0. The third-order valence-corrected chi connectivity index (χ3v) is 5.83. The van der Waals surface area contributed by atoms with Crippen LogP contribution in [0.4, 0.5) is 0 Å². The zero-order valence-electron chi connectivity index (χ0n) is 16.4. The maximum atomic E-state index is 13.0. The van der Waals surface area contributed by atoms with Crippen molar-refractivity contribution in [2.24, 2.45) is 5.41 Å². The van der Waals surface area contributed by atoms with E-state index in [9.17, 15) is 9.59 Å². The molecule has 1 N–H and O–H groups in total. The van der Waals surface area contributed by atoms with Crippen LogP contribution in [0.2, 0.25) is 0 Å². The minimum absolute atomic E-state index is 0.0470. The van der Waals surface area contributed by atoms with Crippen molar-refractivity contribution in [2.45, 2.75) is 70.6 Å². The predicted molar refractivity (Wildman–Crippen MR) is 106 cm³/mol. The molecular weight excluding hydrogens is 336 g/mol. The number of aromatic amines is 1. The smallest absolute Gasteiger partial charge is 0.251 e. The summed E-state index contributed by atoms with van der Waals surface area (Å²) in [6, 6.07) is 10.1. The van der Waals surface area contributed by atoms with E-state index in [1.807, 2.05) is 0 Å². The van der Waals surface area contributed by atoms with E-state index in [0.717, 1.165) is 18.8 Å². The summed E-state index contributed by atoms with van der Waals surface area (Å²) >= 11 is 0. The Labute approximate surface area is 160 Å². The number of carbonyl (C=O) groups is 1. The molecule has 0 radical (unpaired) electrons. The molecule has 0 amide bonds. The molecule has 0 saturated heterocycles. The zero-order valence-corrected chi connectivity index (χ0v) is 16.4. The maximum Gasteiger partial charge on any atom is 0.251 e. The van der Waals surface area contributed by atoms with Gasteiger partial charge in [-0.3, -0.25) is 9.59 Å². The molecule has 0 spiro atoms. The third-order valence-electron chi connectivity index (χ3n) is 5.83. The highest BCUT2D eigenvalue weighted by molar-refractivity contribution is 5.94. The van der Waals surface area contributed by atoms with E-state index in [1.165, 1.54) is 30.0 Å². The van der Waals surface area contributed by atoms with Crippen LogP contribution in [0.15, 0.2) is 35.1 Å². The standard InChI is InChI=1S/C23H28N2O2/c1-23(2,3)18(16-8-6-15(7-9-16)14-4-5-14)12-20(26)19-13-21(27)25-22(24-19)17-10-11-17/h6-9,13-14,17-18H,4-5,10-12H2,1-3H3,(H,24,25,27)/t18-/m0/s1. The first-order valence-corrected chi connectivity index (χ1v) is 10.1. The van der Waals surface area contributed by atoms with Crippen molar-refractivity contribution in [3.63, 3.8) is 0 Å². The van der Waals surface area contributed by atoms with Gasteiger partial charge in [0.25, 0.3) is 5.56 Å². The average molecular weight is 364 g/mol. The number of aromatic nitrogens is 2. The van der Waals surface area contributed by atoms with Gasteiger partial charge in [-0.05, 0) is 54.1 Å². The van der Waals surface area contributed by atoms with E-state index in [4.69, 9.17) is 0 Å². The topological polar surface area (TPSA) is 62.8 Å². The normalized spacial score (nSPS) is 18.3. The molecule has 0 unspecified atom stereocenters. The SMILES string of the molecule is CC(C)(C)[C@@H](CC(=O)c1cc(=O)[nH]c(C2CC2)n1)c1ccc(C2CC2)cc1. The van der Waals surface area contributed by atoms with Crippen LogP contribution in [0.25, 0.3) is 0 Å². The number of nitrogens with zero attached hydrogens (tertiary/aromatic N) is 1. The Bertz CT molecular complexity index is 897. The Kier molecular flexibility index (Phi) is 4.53. The summed E-state index contributed by atoms with van der Waals surface area (Å²) in [6.45, 7) is 6.50. The van der Waals surface area contributed by atoms with Gasteiger partial charge in [0.15, 0.2) is 5.78 Å². The van der Waals surface area contributed by atoms with Gasteiger partial charge in [0, 0.05) is 18.4 Å². The summed E-state index contributed by atoms with van der Waals surface area (Å²) in [7, 11) is 0. The van der Waals surface area contributed by atoms with Crippen molar-refractivity contribution in [3.05, 3.63) is 63.3 Å². The molecule has 0 aliphatic heterocycles. The van der Waals surface area contributed by atoms with Crippen molar-refractivity contribution < 1.29 is 4.79 Å². The largest absolute Gasteiger partial charge is 0.310 e. The Hall–Kier alpha value is -2.23. The molecule has 2 aromatic rings. The van der Waals surface area contributed by atoms with Gasteiger partial charge in [0.05, 0.1) is 0 Å². The number of ketones is 1. The zero-order chi connectivity index (χ0) is 19.2. The number of benzene rings is 1. The fourth-order valence-electron chi connectivity index (χ4n) is 3.80. The Morgan fingerprint density at radius 1 is 1.11 bits per heavy atom. The molecule has 2 fully saturated rings. The Morgan fingerprint density at radius 2 is 1.74 bits per heavy atom. The van der Waals surface area contributed by atoms with Gasteiger partial charge in [-0.2, -0.15) is 0 Å². The molecule has 1 aromatic carbocycles. The molecule has 2 aliphatic rings. The number of nitrogens with one attached hydrogen (secondary N) is 1. The van der Waals surface area contributed by atoms with E-state index in [1.54, 1.807) is 0 Å². The Morgan fingerprint density at radius 3 is 2.30 bits per heavy atom. The lowest BCUT2D eigenvalue weighted by Crippen LogP contribution is -2.23.